The van der Waals surface area contributed by atoms with Crippen molar-refractivity contribution in [1.82, 2.24) is 10.0 Å². The Labute approximate surface area is 119 Å². The largest absolute Gasteiger partial charge is 0.385 e. The summed E-state index contributed by atoms with van der Waals surface area (Å²) in [6, 6.07) is 6.48. The predicted molar refractivity (Wildman–Crippen MR) is 77.0 cm³/mol. The summed E-state index contributed by atoms with van der Waals surface area (Å²) in [4.78, 5) is 11.3. The lowest BCUT2D eigenvalue weighted by Crippen LogP contribution is -2.38. The van der Waals surface area contributed by atoms with Gasteiger partial charge in [-0.2, -0.15) is 0 Å². The number of carbonyl (C=O) groups excluding carboxylic acids is 1. The zero-order valence-electron chi connectivity index (χ0n) is 11.3. The third-order valence-electron chi connectivity index (χ3n) is 3.15. The summed E-state index contributed by atoms with van der Waals surface area (Å²) in [5.41, 5.74) is 0.884. The summed E-state index contributed by atoms with van der Waals surface area (Å²) in [6.07, 6.45) is 1.13. The van der Waals surface area contributed by atoms with Crippen LogP contribution in [0.4, 0.5) is 5.69 Å². The lowest BCUT2D eigenvalue weighted by Gasteiger charge is -2.12. The van der Waals surface area contributed by atoms with E-state index < -0.39 is 10.0 Å². The van der Waals surface area contributed by atoms with Crippen LogP contribution in [-0.4, -0.2) is 33.5 Å². The van der Waals surface area contributed by atoms with E-state index in [-0.39, 0.29) is 23.4 Å². The zero-order valence-corrected chi connectivity index (χ0v) is 12.2. The highest BCUT2D eigenvalue weighted by molar-refractivity contribution is 7.89. The van der Waals surface area contributed by atoms with E-state index in [1.165, 1.54) is 0 Å². The van der Waals surface area contributed by atoms with Gasteiger partial charge in [-0.3, -0.25) is 4.79 Å². The number of nitrogens with one attached hydrogen (secondary N) is 3. The second kappa shape index (κ2) is 6.23. The van der Waals surface area contributed by atoms with Crippen LogP contribution in [-0.2, 0) is 14.8 Å². The molecule has 1 atom stereocenters. The van der Waals surface area contributed by atoms with Crippen molar-refractivity contribution in [2.24, 2.45) is 0 Å². The number of benzene rings is 1. The number of amides is 1. The van der Waals surface area contributed by atoms with Crippen LogP contribution in [0.2, 0.25) is 0 Å². The monoisotopic (exact) mass is 297 g/mol. The van der Waals surface area contributed by atoms with Crippen molar-refractivity contribution in [2.75, 3.05) is 18.4 Å². The second-order valence-corrected chi connectivity index (χ2v) is 6.48. The molecule has 7 heteroatoms. The molecule has 0 aromatic heterocycles. The Morgan fingerprint density at radius 2 is 2.00 bits per heavy atom. The molecule has 1 aliphatic heterocycles. The molecule has 6 nitrogen and oxygen atoms in total. The summed E-state index contributed by atoms with van der Waals surface area (Å²) >= 11 is 0. The SMILES string of the molecule is CCNc1ccc(S(=O)(=O)NCC2CCC(=O)N2)cc1. The van der Waals surface area contributed by atoms with Crippen LogP contribution in [0.25, 0.3) is 0 Å². The molecular weight excluding hydrogens is 278 g/mol. The van der Waals surface area contributed by atoms with Crippen LogP contribution in [0.15, 0.2) is 29.2 Å². The van der Waals surface area contributed by atoms with Gasteiger partial charge in [0.05, 0.1) is 4.90 Å². The minimum atomic E-state index is -3.53. The van der Waals surface area contributed by atoms with Gasteiger partial charge in [0.2, 0.25) is 15.9 Å². The first-order valence-corrected chi connectivity index (χ1v) is 8.12. The molecule has 20 heavy (non-hydrogen) atoms. The first-order valence-electron chi connectivity index (χ1n) is 6.64. The highest BCUT2D eigenvalue weighted by atomic mass is 32.2. The zero-order chi connectivity index (χ0) is 14.6. The first-order chi connectivity index (χ1) is 9.51. The first kappa shape index (κ1) is 14.8. The van der Waals surface area contributed by atoms with Crippen molar-refractivity contribution in [1.29, 1.82) is 0 Å². The Morgan fingerprint density at radius 1 is 1.30 bits per heavy atom. The summed E-state index contributed by atoms with van der Waals surface area (Å²) in [5.74, 6) is -0.0239. The van der Waals surface area contributed by atoms with E-state index in [1.54, 1.807) is 24.3 Å². The molecule has 1 saturated heterocycles. The molecule has 1 aliphatic rings. The van der Waals surface area contributed by atoms with Crippen LogP contribution in [0, 0.1) is 0 Å². The van der Waals surface area contributed by atoms with E-state index in [0.29, 0.717) is 12.8 Å². The normalized spacial score (nSPS) is 18.9. The lowest BCUT2D eigenvalue weighted by molar-refractivity contribution is -0.119. The van der Waals surface area contributed by atoms with Crippen molar-refractivity contribution < 1.29 is 13.2 Å². The van der Waals surface area contributed by atoms with Crippen LogP contribution in [0.3, 0.4) is 0 Å². The molecule has 2 rings (SSSR count). The third kappa shape index (κ3) is 3.71. The molecule has 0 bridgehead atoms. The van der Waals surface area contributed by atoms with E-state index in [1.807, 2.05) is 6.92 Å². The summed E-state index contributed by atoms with van der Waals surface area (Å²) in [7, 11) is -3.53. The maximum absolute atomic E-state index is 12.1. The van der Waals surface area contributed by atoms with Gasteiger partial charge in [0.15, 0.2) is 0 Å². The fourth-order valence-corrected chi connectivity index (χ4v) is 3.16. The van der Waals surface area contributed by atoms with Gasteiger partial charge in [-0.25, -0.2) is 13.1 Å². The van der Waals surface area contributed by atoms with Gasteiger partial charge in [-0.1, -0.05) is 0 Å². The Kier molecular flexibility index (Phi) is 4.61. The summed E-state index contributed by atoms with van der Waals surface area (Å²) in [5, 5.41) is 5.83. The predicted octanol–water partition coefficient (Wildman–Crippen LogP) is 0.675. The molecule has 0 aliphatic carbocycles. The quantitative estimate of drug-likeness (QED) is 0.720. The maximum Gasteiger partial charge on any atom is 0.240 e. The average molecular weight is 297 g/mol. The molecule has 1 aromatic rings. The third-order valence-corrected chi connectivity index (χ3v) is 4.59. The number of hydrogen-bond acceptors (Lipinski definition) is 4. The number of carbonyl (C=O) groups is 1. The standard InChI is InChI=1S/C13H19N3O3S/c1-2-14-10-3-6-12(7-4-10)20(18,19)15-9-11-5-8-13(17)16-11/h3-4,6-7,11,14-15H,2,5,8-9H2,1H3,(H,16,17). The van der Waals surface area contributed by atoms with Crippen LogP contribution in [0.1, 0.15) is 19.8 Å². The number of rotatable bonds is 6. The van der Waals surface area contributed by atoms with Gasteiger partial charge >= 0.3 is 0 Å². The lowest BCUT2D eigenvalue weighted by atomic mass is 10.2. The molecule has 110 valence electrons. The number of hydrogen-bond donors (Lipinski definition) is 3. The number of sulfonamides is 1. The van der Waals surface area contributed by atoms with Crippen molar-refractivity contribution in [3.63, 3.8) is 0 Å². The van der Waals surface area contributed by atoms with Gasteiger partial charge in [0.1, 0.15) is 0 Å². The van der Waals surface area contributed by atoms with Gasteiger partial charge in [0.25, 0.3) is 0 Å². The molecular formula is C13H19N3O3S. The topological polar surface area (TPSA) is 87.3 Å². The van der Waals surface area contributed by atoms with E-state index in [0.717, 1.165) is 12.2 Å². The maximum atomic E-state index is 12.1. The van der Waals surface area contributed by atoms with E-state index >= 15 is 0 Å². The molecule has 3 N–H and O–H groups in total. The van der Waals surface area contributed by atoms with Crippen molar-refractivity contribution in [2.45, 2.75) is 30.7 Å². The highest BCUT2D eigenvalue weighted by Gasteiger charge is 2.23. The van der Waals surface area contributed by atoms with Crippen LogP contribution < -0.4 is 15.4 Å². The molecule has 1 amide bonds. The van der Waals surface area contributed by atoms with Gasteiger partial charge in [0, 0.05) is 31.2 Å². The Balaban J connectivity index is 1.97. The second-order valence-electron chi connectivity index (χ2n) is 4.71. The molecule has 1 heterocycles. The molecule has 0 spiro atoms. The Bertz CT molecular complexity index is 569. The Hall–Kier alpha value is -1.60. The smallest absolute Gasteiger partial charge is 0.240 e. The summed E-state index contributed by atoms with van der Waals surface area (Å²) < 4.78 is 26.7. The van der Waals surface area contributed by atoms with Crippen LogP contribution >= 0.6 is 0 Å². The van der Waals surface area contributed by atoms with Crippen molar-refractivity contribution in [3.8, 4) is 0 Å². The Morgan fingerprint density at radius 3 is 2.55 bits per heavy atom. The highest BCUT2D eigenvalue weighted by Crippen LogP contribution is 2.14. The molecule has 0 saturated carbocycles. The molecule has 1 aromatic carbocycles. The molecule has 1 fully saturated rings. The van der Waals surface area contributed by atoms with Crippen molar-refractivity contribution in [3.05, 3.63) is 24.3 Å². The fourth-order valence-electron chi connectivity index (χ4n) is 2.08. The van der Waals surface area contributed by atoms with E-state index in [9.17, 15) is 13.2 Å². The van der Waals surface area contributed by atoms with E-state index in [4.69, 9.17) is 0 Å². The molecule has 0 radical (unpaired) electrons. The van der Waals surface area contributed by atoms with Crippen LogP contribution in [0.5, 0.6) is 0 Å². The average Bonchev–Trinajstić information content (AvgIpc) is 2.84. The molecule has 1 unspecified atom stereocenters. The van der Waals surface area contributed by atoms with Crippen molar-refractivity contribution >= 4 is 21.6 Å². The minimum absolute atomic E-state index is 0.0239. The van der Waals surface area contributed by atoms with Gasteiger partial charge in [-0.05, 0) is 37.6 Å². The fraction of sp³-hybridized carbons (Fsp3) is 0.462. The van der Waals surface area contributed by atoms with Gasteiger partial charge in [-0.15, -0.1) is 0 Å². The minimum Gasteiger partial charge on any atom is -0.385 e. The van der Waals surface area contributed by atoms with Gasteiger partial charge < -0.3 is 10.6 Å². The summed E-state index contributed by atoms with van der Waals surface area (Å²) in [6.45, 7) is 2.98. The van der Waals surface area contributed by atoms with E-state index in [2.05, 4.69) is 15.4 Å². The number of anilines is 1.